The summed E-state index contributed by atoms with van der Waals surface area (Å²) in [4.78, 5) is 14.5. The van der Waals surface area contributed by atoms with Crippen molar-refractivity contribution in [3.63, 3.8) is 0 Å². The molecule has 0 bridgehead atoms. The summed E-state index contributed by atoms with van der Waals surface area (Å²) < 4.78 is 0. The molecule has 2 rings (SSSR count). The highest BCUT2D eigenvalue weighted by atomic mass is 16.2. The van der Waals surface area contributed by atoms with Crippen LogP contribution >= 0.6 is 0 Å². The van der Waals surface area contributed by atoms with Crippen molar-refractivity contribution in [2.24, 2.45) is 5.92 Å². The Kier molecular flexibility index (Phi) is 4.93. The number of carbonyl (C=O) groups excluding carboxylic acids is 1. The second-order valence-corrected chi connectivity index (χ2v) is 5.16. The molecule has 1 aliphatic rings. The highest BCUT2D eigenvalue weighted by molar-refractivity contribution is 5.83. The van der Waals surface area contributed by atoms with Gasteiger partial charge in [0.05, 0.1) is 0 Å². The van der Waals surface area contributed by atoms with Gasteiger partial charge in [0.1, 0.15) is 6.04 Å². The molecule has 1 heterocycles. The minimum atomic E-state index is -0.195. The number of hydrogen-bond acceptors (Lipinski definition) is 3. The first-order valence-electron chi connectivity index (χ1n) is 6.96. The highest BCUT2D eigenvalue weighted by Gasteiger charge is 2.25. The van der Waals surface area contributed by atoms with Gasteiger partial charge in [0.15, 0.2) is 0 Å². The van der Waals surface area contributed by atoms with Crippen molar-refractivity contribution in [3.05, 3.63) is 35.9 Å². The van der Waals surface area contributed by atoms with Gasteiger partial charge in [-0.1, -0.05) is 37.3 Å². The maximum atomic E-state index is 12.4. The van der Waals surface area contributed by atoms with Crippen LogP contribution in [-0.4, -0.2) is 44.0 Å². The fraction of sp³-hybridized carbons (Fsp3) is 0.533. The normalized spacial score (nSPS) is 17.0. The Balaban J connectivity index is 2.02. The third-order valence-electron chi connectivity index (χ3n) is 3.73. The molecule has 0 spiro atoms. The summed E-state index contributed by atoms with van der Waals surface area (Å²) >= 11 is 0. The standard InChI is InChI=1S/C15H23N3O/c1-3-18(2)14(13-7-5-4-6-8-13)15(19)17-11-12-9-16-10-12/h4-8,12,14,16H,3,9-11H2,1-2H3,(H,17,19). The molecule has 1 aliphatic heterocycles. The SMILES string of the molecule is CCN(C)C(C(=O)NCC1CNC1)c1ccccc1. The van der Waals surface area contributed by atoms with Crippen molar-refractivity contribution >= 4 is 5.91 Å². The van der Waals surface area contributed by atoms with Crippen LogP contribution in [0.5, 0.6) is 0 Å². The lowest BCUT2D eigenvalue weighted by Crippen LogP contribution is -2.49. The molecule has 4 heteroatoms. The Morgan fingerprint density at radius 2 is 2.11 bits per heavy atom. The van der Waals surface area contributed by atoms with E-state index in [1.165, 1.54) is 0 Å². The molecule has 1 aromatic carbocycles. The lowest BCUT2D eigenvalue weighted by Gasteiger charge is -2.30. The Bertz CT molecular complexity index is 403. The van der Waals surface area contributed by atoms with E-state index in [2.05, 4.69) is 22.5 Å². The predicted molar refractivity (Wildman–Crippen MR) is 76.9 cm³/mol. The van der Waals surface area contributed by atoms with Gasteiger partial charge in [-0.05, 0) is 19.2 Å². The first kappa shape index (κ1) is 14.0. The number of carbonyl (C=O) groups is 1. The van der Waals surface area contributed by atoms with E-state index >= 15 is 0 Å². The van der Waals surface area contributed by atoms with Crippen LogP contribution in [0, 0.1) is 5.92 Å². The quantitative estimate of drug-likeness (QED) is 0.803. The third kappa shape index (κ3) is 3.55. The van der Waals surface area contributed by atoms with Crippen LogP contribution in [-0.2, 0) is 4.79 Å². The zero-order valence-electron chi connectivity index (χ0n) is 11.7. The number of nitrogens with zero attached hydrogens (tertiary/aromatic N) is 1. The highest BCUT2D eigenvalue weighted by Crippen LogP contribution is 2.19. The number of amides is 1. The van der Waals surface area contributed by atoms with Gasteiger partial charge in [-0.15, -0.1) is 0 Å². The van der Waals surface area contributed by atoms with Gasteiger partial charge < -0.3 is 10.6 Å². The maximum absolute atomic E-state index is 12.4. The van der Waals surface area contributed by atoms with Gasteiger partial charge in [0.25, 0.3) is 0 Å². The maximum Gasteiger partial charge on any atom is 0.241 e. The minimum Gasteiger partial charge on any atom is -0.354 e. The number of nitrogens with one attached hydrogen (secondary N) is 2. The molecular weight excluding hydrogens is 238 g/mol. The molecule has 19 heavy (non-hydrogen) atoms. The lowest BCUT2D eigenvalue weighted by molar-refractivity contribution is -0.126. The van der Waals surface area contributed by atoms with Gasteiger partial charge in [0, 0.05) is 25.6 Å². The van der Waals surface area contributed by atoms with E-state index in [1.807, 2.05) is 37.4 Å². The second kappa shape index (κ2) is 6.68. The van der Waals surface area contributed by atoms with E-state index < -0.39 is 0 Å². The van der Waals surface area contributed by atoms with Crippen molar-refractivity contribution in [1.82, 2.24) is 15.5 Å². The van der Waals surface area contributed by atoms with Crippen LogP contribution in [0.15, 0.2) is 30.3 Å². The van der Waals surface area contributed by atoms with Gasteiger partial charge in [0.2, 0.25) is 5.91 Å². The Morgan fingerprint density at radius 3 is 2.63 bits per heavy atom. The van der Waals surface area contributed by atoms with Crippen LogP contribution in [0.1, 0.15) is 18.5 Å². The average Bonchev–Trinajstić information content (AvgIpc) is 2.38. The molecule has 1 unspecified atom stereocenters. The molecule has 1 aromatic rings. The van der Waals surface area contributed by atoms with Gasteiger partial charge >= 0.3 is 0 Å². The molecule has 0 aromatic heterocycles. The molecule has 1 fully saturated rings. The molecule has 104 valence electrons. The monoisotopic (exact) mass is 261 g/mol. The molecular formula is C15H23N3O. The van der Waals surface area contributed by atoms with E-state index in [4.69, 9.17) is 0 Å². The second-order valence-electron chi connectivity index (χ2n) is 5.16. The molecule has 0 aliphatic carbocycles. The zero-order valence-corrected chi connectivity index (χ0v) is 11.7. The largest absolute Gasteiger partial charge is 0.354 e. The van der Waals surface area contributed by atoms with Gasteiger partial charge in [-0.2, -0.15) is 0 Å². The number of benzene rings is 1. The molecule has 1 atom stereocenters. The molecule has 4 nitrogen and oxygen atoms in total. The Hall–Kier alpha value is -1.39. The van der Waals surface area contributed by atoms with Crippen molar-refractivity contribution in [3.8, 4) is 0 Å². The zero-order chi connectivity index (χ0) is 13.7. The van der Waals surface area contributed by atoms with Crippen LogP contribution in [0.25, 0.3) is 0 Å². The fourth-order valence-electron chi connectivity index (χ4n) is 2.26. The van der Waals surface area contributed by atoms with Gasteiger partial charge in [-0.3, -0.25) is 9.69 Å². The van der Waals surface area contributed by atoms with E-state index in [9.17, 15) is 4.79 Å². The predicted octanol–water partition coefficient (Wildman–Crippen LogP) is 1.02. The molecule has 2 N–H and O–H groups in total. The molecule has 1 saturated heterocycles. The minimum absolute atomic E-state index is 0.0995. The van der Waals surface area contributed by atoms with Crippen LogP contribution in [0.3, 0.4) is 0 Å². The molecule has 0 radical (unpaired) electrons. The Labute approximate surface area is 115 Å². The van der Waals surface area contributed by atoms with Crippen LogP contribution < -0.4 is 10.6 Å². The summed E-state index contributed by atoms with van der Waals surface area (Å²) in [5, 5.41) is 6.30. The van der Waals surface area contributed by atoms with Crippen LogP contribution in [0.4, 0.5) is 0 Å². The fourth-order valence-corrected chi connectivity index (χ4v) is 2.26. The van der Waals surface area contributed by atoms with E-state index in [-0.39, 0.29) is 11.9 Å². The van der Waals surface area contributed by atoms with Crippen molar-refractivity contribution < 1.29 is 4.79 Å². The van der Waals surface area contributed by atoms with E-state index in [0.29, 0.717) is 5.92 Å². The van der Waals surface area contributed by atoms with E-state index in [1.54, 1.807) is 0 Å². The summed E-state index contributed by atoms with van der Waals surface area (Å²) in [6, 6.07) is 9.77. The van der Waals surface area contributed by atoms with Crippen molar-refractivity contribution in [2.75, 3.05) is 33.2 Å². The topological polar surface area (TPSA) is 44.4 Å². The lowest BCUT2D eigenvalue weighted by atomic mass is 10.0. The third-order valence-corrected chi connectivity index (χ3v) is 3.73. The molecule has 0 saturated carbocycles. The summed E-state index contributed by atoms with van der Waals surface area (Å²) in [6.07, 6.45) is 0. The van der Waals surface area contributed by atoms with E-state index in [0.717, 1.165) is 31.7 Å². The average molecular weight is 261 g/mol. The first-order chi connectivity index (χ1) is 9.22. The number of likely N-dealkylation sites (N-methyl/N-ethyl adjacent to an activating group) is 1. The summed E-state index contributed by atoms with van der Waals surface area (Å²) in [5.41, 5.74) is 1.05. The van der Waals surface area contributed by atoms with Gasteiger partial charge in [-0.25, -0.2) is 0 Å². The smallest absolute Gasteiger partial charge is 0.241 e. The summed E-state index contributed by atoms with van der Waals surface area (Å²) in [7, 11) is 1.99. The summed E-state index contributed by atoms with van der Waals surface area (Å²) in [6.45, 7) is 5.71. The molecule has 1 amide bonds. The first-order valence-corrected chi connectivity index (χ1v) is 6.96. The van der Waals surface area contributed by atoms with Crippen molar-refractivity contribution in [1.29, 1.82) is 0 Å². The summed E-state index contributed by atoms with van der Waals surface area (Å²) in [5.74, 6) is 0.690. The number of rotatable bonds is 6. The number of hydrogen-bond donors (Lipinski definition) is 2. The van der Waals surface area contributed by atoms with Crippen LogP contribution in [0.2, 0.25) is 0 Å². The van der Waals surface area contributed by atoms with Crippen molar-refractivity contribution in [2.45, 2.75) is 13.0 Å². The Morgan fingerprint density at radius 1 is 1.42 bits per heavy atom.